The minimum atomic E-state index is -3.64. The number of anilines is 2. The van der Waals surface area contributed by atoms with Crippen molar-refractivity contribution in [1.82, 2.24) is 35.9 Å². The molecule has 4 aromatic heterocycles. The van der Waals surface area contributed by atoms with Gasteiger partial charge in [0.25, 0.3) is 0 Å². The van der Waals surface area contributed by atoms with Gasteiger partial charge in [-0.1, -0.05) is 46.7 Å². The Labute approximate surface area is 458 Å². The number of nitrogens with zero attached hydrogens (tertiary/aromatic N) is 6. The summed E-state index contributed by atoms with van der Waals surface area (Å²) in [4.78, 5) is 14.2. The Morgan fingerprint density at radius 1 is 0.588 bits per heavy atom. The molecule has 24 heteroatoms. The zero-order chi connectivity index (χ0) is 55.1. The Bertz CT molecular complexity index is 3810. The summed E-state index contributed by atoms with van der Waals surface area (Å²) in [6.07, 6.45) is 4.90. The second-order valence-electron chi connectivity index (χ2n) is 20.1. The lowest BCUT2D eigenvalue weighted by atomic mass is 10.1. The number of nitrogen functional groups attached to an aromatic ring is 2. The van der Waals surface area contributed by atoms with E-state index in [2.05, 4.69) is 30.9 Å². The van der Waals surface area contributed by atoms with Crippen molar-refractivity contribution in [1.29, 1.82) is 0 Å². The van der Waals surface area contributed by atoms with Crippen molar-refractivity contribution in [3.8, 4) is 67.9 Å². The summed E-state index contributed by atoms with van der Waals surface area (Å²) in [7, 11) is -7.19. The first kappa shape index (κ1) is 53.2. The van der Waals surface area contributed by atoms with E-state index in [9.17, 15) is 16.8 Å². The summed E-state index contributed by atoms with van der Waals surface area (Å²) in [6.45, 7) is 3.12. The summed E-state index contributed by atoms with van der Waals surface area (Å²) >= 11 is 0. The van der Waals surface area contributed by atoms with Crippen molar-refractivity contribution < 1.29 is 58.2 Å². The quantitative estimate of drug-likeness (QED) is 0.0667. The van der Waals surface area contributed by atoms with Gasteiger partial charge >= 0.3 is 5.82 Å². The molecule has 8 aromatic rings. The molecule has 20 nitrogen and oxygen atoms in total. The van der Waals surface area contributed by atoms with E-state index in [1.54, 1.807) is 71.4 Å². The Balaban J connectivity index is 0.744. The molecule has 414 valence electrons. The molecule has 0 amide bonds. The van der Waals surface area contributed by atoms with Crippen LogP contribution in [0.2, 0.25) is 0 Å². The third kappa shape index (κ3) is 10.8. The van der Waals surface area contributed by atoms with E-state index in [0.29, 0.717) is 86.7 Å². The monoisotopic (exact) mass is 1130 g/mol. The van der Waals surface area contributed by atoms with Gasteiger partial charge in [-0.15, -0.1) is 0 Å². The topological polar surface area (TPSA) is 276 Å². The maximum atomic E-state index is 15.9. The van der Waals surface area contributed by atoms with Crippen molar-refractivity contribution in [3.05, 3.63) is 132 Å². The first-order valence-corrected chi connectivity index (χ1v) is 29.2. The zero-order valence-electron chi connectivity index (χ0n) is 43.0. The Morgan fingerprint density at radius 3 is 1.68 bits per heavy atom. The smallest absolute Gasteiger partial charge is 0.304 e. The highest BCUT2D eigenvalue weighted by molar-refractivity contribution is 7.92. The van der Waals surface area contributed by atoms with Crippen LogP contribution >= 0.6 is 0 Å². The normalized spacial score (nSPS) is 20.5. The summed E-state index contributed by atoms with van der Waals surface area (Å²) in [5.74, 6) is -0.500. The van der Waals surface area contributed by atoms with Crippen LogP contribution in [-0.4, -0.2) is 105 Å². The highest BCUT2D eigenvalue weighted by atomic mass is 32.2. The minimum Gasteiger partial charge on any atom is -0.382 e. The standard InChI is InChI=1S/C56H54F2N10O10S2/c57-43-21-32(25-61-36-15-18-73-29-36)1-11-42(43)46-24-50(78-67-46)54-56(60)68(28-48(65-54)35-5-9-38(10-6-35)80(71,72)40-17-20-75-31-40)52-14-13-51(76-52)62-26-33-2-12-41(44(58)22-33)45-23-49(77-66-45)53-55(59)63-27-47(64-53)34-3-7-37(8-4-34)79(69,70)39-16-19-74-30-39/h1-12,21-24,27-28,36,39-40,51-52,60-62H,13-20,25-26,29-31H2,(H2,59,63,66)/p+1. The number of rotatable bonds is 17. The number of hydrogen-bond donors (Lipinski definition) is 4. The van der Waals surface area contributed by atoms with E-state index in [-0.39, 0.29) is 92.7 Å². The van der Waals surface area contributed by atoms with Gasteiger partial charge in [-0.25, -0.2) is 45.1 Å². The summed E-state index contributed by atoms with van der Waals surface area (Å²) in [5.41, 5.74) is 17.7. The third-order valence-electron chi connectivity index (χ3n) is 14.9. The highest BCUT2D eigenvalue weighted by Crippen LogP contribution is 2.36. The number of aromatic nitrogens is 6. The maximum Gasteiger partial charge on any atom is 0.304 e. The molecule has 4 aromatic carbocycles. The Hall–Kier alpha value is -7.42. The number of halogens is 2. The molecule has 5 atom stereocenters. The second kappa shape index (κ2) is 22.3. The highest BCUT2D eigenvalue weighted by Gasteiger charge is 2.36. The molecule has 4 fully saturated rings. The van der Waals surface area contributed by atoms with Crippen LogP contribution in [0.25, 0.3) is 67.9 Å². The first-order valence-electron chi connectivity index (χ1n) is 26.2. The van der Waals surface area contributed by atoms with Crippen LogP contribution in [0, 0.1) is 11.6 Å². The molecule has 0 bridgehead atoms. The molecular formula is C56H55F2N10O10S2+. The lowest BCUT2D eigenvalue weighted by Crippen LogP contribution is -2.44. The number of benzene rings is 4. The predicted octanol–water partition coefficient (Wildman–Crippen LogP) is 7.01. The van der Waals surface area contributed by atoms with Gasteiger partial charge in [0.15, 0.2) is 48.4 Å². The van der Waals surface area contributed by atoms with Crippen LogP contribution in [0.5, 0.6) is 0 Å². The Kier molecular flexibility index (Phi) is 14.8. The van der Waals surface area contributed by atoms with Crippen molar-refractivity contribution in [2.45, 2.75) is 84.0 Å². The molecule has 0 spiro atoms. The van der Waals surface area contributed by atoms with Crippen LogP contribution in [0.1, 0.15) is 49.5 Å². The molecule has 0 radical (unpaired) electrons. The van der Waals surface area contributed by atoms with Crippen molar-refractivity contribution in [3.63, 3.8) is 0 Å². The average molecular weight is 1130 g/mol. The van der Waals surface area contributed by atoms with Crippen molar-refractivity contribution >= 4 is 31.3 Å². The van der Waals surface area contributed by atoms with Crippen LogP contribution in [0.15, 0.2) is 128 Å². The third-order valence-corrected chi connectivity index (χ3v) is 19.3. The van der Waals surface area contributed by atoms with Crippen LogP contribution in [-0.2, 0) is 51.7 Å². The van der Waals surface area contributed by atoms with Gasteiger partial charge in [0.05, 0.1) is 52.0 Å². The van der Waals surface area contributed by atoms with Gasteiger partial charge in [-0.05, 0) is 85.3 Å². The summed E-state index contributed by atoms with van der Waals surface area (Å²) in [5, 5.41) is 13.9. The van der Waals surface area contributed by atoms with E-state index in [4.69, 9.17) is 44.4 Å². The number of nitrogens with two attached hydrogens (primary N) is 2. The molecule has 6 N–H and O–H groups in total. The summed E-state index contributed by atoms with van der Waals surface area (Å²) in [6, 6.07) is 25.8. The van der Waals surface area contributed by atoms with E-state index in [1.807, 2.05) is 6.07 Å². The van der Waals surface area contributed by atoms with Gasteiger partial charge < -0.3 is 39.0 Å². The molecule has 5 unspecified atom stereocenters. The van der Waals surface area contributed by atoms with Gasteiger partial charge in [0.1, 0.15) is 41.1 Å². The van der Waals surface area contributed by atoms with Gasteiger partial charge in [-0.2, -0.15) is 0 Å². The lowest BCUT2D eigenvalue weighted by Gasteiger charge is -2.17. The van der Waals surface area contributed by atoms with Crippen LogP contribution in [0.4, 0.5) is 20.4 Å². The van der Waals surface area contributed by atoms with Crippen LogP contribution in [0.3, 0.4) is 0 Å². The van der Waals surface area contributed by atoms with E-state index >= 15 is 8.78 Å². The van der Waals surface area contributed by atoms with E-state index < -0.39 is 54.3 Å². The second-order valence-corrected chi connectivity index (χ2v) is 24.6. The summed E-state index contributed by atoms with van der Waals surface area (Å²) < 4.78 is 120. The van der Waals surface area contributed by atoms with Crippen molar-refractivity contribution in [2.24, 2.45) is 0 Å². The van der Waals surface area contributed by atoms with Gasteiger partial charge in [0.2, 0.25) is 6.23 Å². The lowest BCUT2D eigenvalue weighted by molar-refractivity contribution is -0.746. The van der Waals surface area contributed by atoms with E-state index in [0.717, 1.165) is 12.0 Å². The minimum absolute atomic E-state index is 0.0508. The molecule has 0 aliphatic carbocycles. The number of nitrogens with one attached hydrogen (secondary N) is 2. The van der Waals surface area contributed by atoms with Gasteiger partial charge in [-0.3, -0.25) is 11.1 Å². The fraction of sp³-hybridized carbons (Fsp3) is 0.321. The predicted molar refractivity (Wildman–Crippen MR) is 287 cm³/mol. The molecule has 4 aliphatic rings. The Morgan fingerprint density at radius 2 is 1.12 bits per heavy atom. The van der Waals surface area contributed by atoms with Crippen molar-refractivity contribution in [2.75, 3.05) is 51.1 Å². The fourth-order valence-electron chi connectivity index (χ4n) is 10.3. The van der Waals surface area contributed by atoms with E-state index in [1.165, 1.54) is 36.5 Å². The number of hydrogen-bond acceptors (Lipinski definition) is 19. The number of sulfone groups is 2. The molecule has 4 saturated heterocycles. The molecular weight excluding hydrogens is 1070 g/mol. The molecule has 12 rings (SSSR count). The first-order chi connectivity index (χ1) is 38.7. The van der Waals surface area contributed by atoms with Gasteiger partial charge in [0, 0.05) is 79.8 Å². The SMILES string of the molecule is Nc1ncc(-c2ccc(S(=O)(=O)C3CCOC3)cc2)nc1-c1cc(-c2ccc(CNC3CCC([n+]4cc(-c5ccc(S(=O)(=O)C6CCOC6)cc5)nc(-c5cc(-c6ccc(CNC7CCOC7)cc6F)no5)c4N)O3)cc2F)no1. The number of ether oxygens (including phenoxy) is 4. The molecule has 0 saturated carbocycles. The molecule has 80 heavy (non-hydrogen) atoms. The largest absolute Gasteiger partial charge is 0.382 e. The zero-order valence-corrected chi connectivity index (χ0v) is 44.6. The van der Waals surface area contributed by atoms with Crippen LogP contribution < -0.4 is 26.7 Å². The average Bonchev–Trinajstić information content (AvgIpc) is 4.47. The molecule has 8 heterocycles. The fourth-order valence-corrected chi connectivity index (χ4v) is 13.4. The molecule has 4 aliphatic heterocycles. The maximum absolute atomic E-state index is 15.9.